The van der Waals surface area contributed by atoms with E-state index in [9.17, 15) is 9.59 Å². The molecule has 2 aromatic rings. The van der Waals surface area contributed by atoms with Crippen molar-refractivity contribution < 1.29 is 9.59 Å². The number of amides is 1. The zero-order valence-corrected chi connectivity index (χ0v) is 17.9. The Bertz CT molecular complexity index is 1060. The van der Waals surface area contributed by atoms with Crippen LogP contribution in [-0.2, 0) is 9.59 Å². The highest BCUT2D eigenvalue weighted by Gasteiger charge is 2.42. The number of aromatic nitrogens is 1. The summed E-state index contributed by atoms with van der Waals surface area (Å²) in [6.45, 7) is 8.08. The van der Waals surface area contributed by atoms with Gasteiger partial charge in [-0.1, -0.05) is 50.2 Å². The first-order valence-electron chi connectivity index (χ1n) is 10.3. The predicted molar refractivity (Wildman–Crippen MR) is 118 cm³/mol. The monoisotopic (exact) mass is 401 g/mol. The van der Waals surface area contributed by atoms with Crippen LogP contribution < -0.4 is 10.6 Å². The number of benzene rings is 1. The highest BCUT2D eigenvalue weighted by molar-refractivity contribution is 6.09. The molecule has 1 aliphatic heterocycles. The summed E-state index contributed by atoms with van der Waals surface area (Å²) in [5, 5.41) is 6.30. The Morgan fingerprint density at radius 1 is 1.10 bits per heavy atom. The van der Waals surface area contributed by atoms with Gasteiger partial charge in [-0.15, -0.1) is 0 Å². The van der Waals surface area contributed by atoms with E-state index in [4.69, 9.17) is 0 Å². The minimum Gasteiger partial charge on any atom is -0.362 e. The quantitative estimate of drug-likeness (QED) is 0.786. The van der Waals surface area contributed by atoms with Crippen molar-refractivity contribution in [3.63, 3.8) is 0 Å². The van der Waals surface area contributed by atoms with E-state index in [1.165, 1.54) is 0 Å². The van der Waals surface area contributed by atoms with E-state index in [1.807, 2.05) is 50.2 Å². The van der Waals surface area contributed by atoms with Crippen LogP contribution in [0.2, 0.25) is 0 Å². The summed E-state index contributed by atoms with van der Waals surface area (Å²) in [4.78, 5) is 30.9. The van der Waals surface area contributed by atoms with Gasteiger partial charge in [-0.3, -0.25) is 9.59 Å². The van der Waals surface area contributed by atoms with Gasteiger partial charge < -0.3 is 10.6 Å². The molecule has 154 valence electrons. The van der Waals surface area contributed by atoms with Crippen molar-refractivity contribution in [1.82, 2.24) is 10.3 Å². The molecule has 5 nitrogen and oxygen atoms in total. The molecule has 4 rings (SSSR count). The maximum Gasteiger partial charge on any atom is 0.255 e. The molecule has 1 unspecified atom stereocenters. The summed E-state index contributed by atoms with van der Waals surface area (Å²) in [5.74, 6) is -0.0339. The van der Waals surface area contributed by atoms with Crippen molar-refractivity contribution in [2.45, 2.75) is 46.5 Å². The lowest BCUT2D eigenvalue weighted by molar-refractivity contribution is -0.118. The lowest BCUT2D eigenvalue weighted by Crippen LogP contribution is -2.39. The molecule has 2 heterocycles. The van der Waals surface area contributed by atoms with Gasteiger partial charge in [0.05, 0.1) is 0 Å². The second kappa shape index (κ2) is 7.56. The van der Waals surface area contributed by atoms with Crippen LogP contribution in [0.25, 0.3) is 0 Å². The molecule has 1 aromatic carbocycles. The van der Waals surface area contributed by atoms with Crippen LogP contribution in [0.15, 0.2) is 71.2 Å². The molecule has 1 amide bonds. The summed E-state index contributed by atoms with van der Waals surface area (Å²) >= 11 is 0. The molecule has 5 heteroatoms. The fourth-order valence-electron chi connectivity index (χ4n) is 4.44. The number of nitrogens with zero attached hydrogens (tertiary/aromatic N) is 1. The van der Waals surface area contributed by atoms with Crippen LogP contribution in [0.3, 0.4) is 0 Å². The van der Waals surface area contributed by atoms with Crippen molar-refractivity contribution in [3.05, 3.63) is 82.3 Å². The molecular formula is C25H27N3O2. The maximum absolute atomic E-state index is 13.4. The minimum absolute atomic E-state index is 0.101. The van der Waals surface area contributed by atoms with Gasteiger partial charge in [0, 0.05) is 41.1 Å². The van der Waals surface area contributed by atoms with Crippen molar-refractivity contribution in [2.75, 3.05) is 5.32 Å². The molecule has 1 aromatic heterocycles. The van der Waals surface area contributed by atoms with E-state index >= 15 is 0 Å². The Kier molecular flexibility index (Phi) is 5.06. The predicted octanol–water partition coefficient (Wildman–Crippen LogP) is 4.63. The fraction of sp³-hybridized carbons (Fsp3) is 0.320. The fourth-order valence-corrected chi connectivity index (χ4v) is 4.44. The van der Waals surface area contributed by atoms with Gasteiger partial charge in [0.2, 0.25) is 0 Å². The minimum atomic E-state index is -0.392. The number of Topliss-reactive ketones (excluding diaryl/α,β-unsaturated/α-hetero) is 1. The molecular weight excluding hydrogens is 374 g/mol. The average Bonchev–Trinajstić information content (AvgIpc) is 2.68. The van der Waals surface area contributed by atoms with Crippen LogP contribution in [0.1, 0.15) is 50.7 Å². The molecule has 1 atom stereocenters. The first kappa shape index (κ1) is 20.1. The zero-order valence-electron chi connectivity index (χ0n) is 17.9. The molecule has 0 radical (unpaired) electrons. The van der Waals surface area contributed by atoms with Gasteiger partial charge in [-0.05, 0) is 42.9 Å². The Balaban J connectivity index is 1.78. The molecule has 0 spiro atoms. The van der Waals surface area contributed by atoms with E-state index < -0.39 is 5.92 Å². The van der Waals surface area contributed by atoms with E-state index in [2.05, 4.69) is 29.5 Å². The standard InChI is InChI=1S/C25H27N3O2/c1-15-10-11-20(26-14-15)28-24(30)21-16(2)27-18-12-25(3,4)13-19(29)23(18)22(21)17-8-6-5-7-9-17/h5-11,14,22,27H,12-13H2,1-4H3,(H,26,28,30). The number of hydrogen-bond donors (Lipinski definition) is 2. The third-order valence-electron chi connectivity index (χ3n) is 5.77. The summed E-state index contributed by atoms with van der Waals surface area (Å²) < 4.78 is 0. The summed E-state index contributed by atoms with van der Waals surface area (Å²) in [5.41, 5.74) is 4.86. The first-order chi connectivity index (χ1) is 14.2. The molecule has 1 aliphatic carbocycles. The highest BCUT2D eigenvalue weighted by Crippen LogP contribution is 2.46. The van der Waals surface area contributed by atoms with E-state index in [0.29, 0.717) is 23.4 Å². The SMILES string of the molecule is CC1=C(C(=O)Nc2ccc(C)cn2)C(c2ccccc2)C2=C(CC(C)(C)CC2=O)N1. The Morgan fingerprint density at radius 3 is 2.50 bits per heavy atom. The average molecular weight is 402 g/mol. The lowest BCUT2D eigenvalue weighted by Gasteiger charge is -2.39. The van der Waals surface area contributed by atoms with Gasteiger partial charge in [0.1, 0.15) is 5.82 Å². The molecule has 30 heavy (non-hydrogen) atoms. The van der Waals surface area contributed by atoms with Gasteiger partial charge in [0.25, 0.3) is 5.91 Å². The number of anilines is 1. The number of aryl methyl sites for hydroxylation is 1. The Morgan fingerprint density at radius 2 is 1.83 bits per heavy atom. The molecule has 0 fully saturated rings. The normalized spacial score (nSPS) is 20.5. The van der Waals surface area contributed by atoms with Crippen molar-refractivity contribution >= 4 is 17.5 Å². The van der Waals surface area contributed by atoms with Crippen LogP contribution in [0.4, 0.5) is 5.82 Å². The molecule has 0 bridgehead atoms. The van der Waals surface area contributed by atoms with Crippen LogP contribution in [-0.4, -0.2) is 16.7 Å². The number of pyridine rings is 1. The van der Waals surface area contributed by atoms with E-state index in [-0.39, 0.29) is 17.1 Å². The van der Waals surface area contributed by atoms with Gasteiger partial charge in [-0.2, -0.15) is 0 Å². The zero-order chi connectivity index (χ0) is 21.5. The number of ketones is 1. The summed E-state index contributed by atoms with van der Waals surface area (Å²) in [7, 11) is 0. The van der Waals surface area contributed by atoms with Crippen LogP contribution >= 0.6 is 0 Å². The largest absolute Gasteiger partial charge is 0.362 e. The van der Waals surface area contributed by atoms with Crippen LogP contribution in [0.5, 0.6) is 0 Å². The number of nitrogens with one attached hydrogen (secondary N) is 2. The van der Waals surface area contributed by atoms with Crippen molar-refractivity contribution in [2.24, 2.45) is 5.41 Å². The third-order valence-corrected chi connectivity index (χ3v) is 5.77. The van der Waals surface area contributed by atoms with Gasteiger partial charge in [-0.25, -0.2) is 4.98 Å². The molecule has 0 saturated heterocycles. The van der Waals surface area contributed by atoms with Crippen molar-refractivity contribution in [3.8, 4) is 0 Å². The molecule has 0 saturated carbocycles. The number of allylic oxidation sites excluding steroid dienone is 3. The number of hydrogen-bond acceptors (Lipinski definition) is 4. The van der Waals surface area contributed by atoms with Crippen molar-refractivity contribution in [1.29, 1.82) is 0 Å². The van der Waals surface area contributed by atoms with Gasteiger partial charge >= 0.3 is 0 Å². The second-order valence-electron chi connectivity index (χ2n) is 9.02. The number of rotatable bonds is 3. The van der Waals surface area contributed by atoms with Crippen LogP contribution in [0, 0.1) is 12.3 Å². The lowest BCUT2D eigenvalue weighted by atomic mass is 9.68. The second-order valence-corrected chi connectivity index (χ2v) is 9.02. The number of dihydropyridines is 1. The molecule has 2 N–H and O–H groups in total. The Hall–Kier alpha value is -3.21. The van der Waals surface area contributed by atoms with E-state index in [1.54, 1.807) is 12.3 Å². The summed E-state index contributed by atoms with van der Waals surface area (Å²) in [6.07, 6.45) is 2.98. The van der Waals surface area contributed by atoms with E-state index in [0.717, 1.165) is 28.9 Å². The first-order valence-corrected chi connectivity index (χ1v) is 10.3. The maximum atomic E-state index is 13.4. The van der Waals surface area contributed by atoms with Gasteiger partial charge in [0.15, 0.2) is 5.78 Å². The molecule has 2 aliphatic rings. The third kappa shape index (κ3) is 3.80. The Labute approximate surface area is 177 Å². The number of carbonyl (C=O) groups is 2. The smallest absolute Gasteiger partial charge is 0.255 e. The highest BCUT2D eigenvalue weighted by atomic mass is 16.2. The topological polar surface area (TPSA) is 71.1 Å². The number of carbonyl (C=O) groups excluding carboxylic acids is 2. The summed E-state index contributed by atoms with van der Waals surface area (Å²) in [6, 6.07) is 13.5.